The van der Waals surface area contributed by atoms with Gasteiger partial charge in [-0.2, -0.15) is 0 Å². The van der Waals surface area contributed by atoms with Gasteiger partial charge in [-0.15, -0.1) is 0 Å². The van der Waals surface area contributed by atoms with E-state index in [9.17, 15) is 9.59 Å². The van der Waals surface area contributed by atoms with Crippen molar-refractivity contribution in [2.45, 2.75) is 38.1 Å². The van der Waals surface area contributed by atoms with Gasteiger partial charge < -0.3 is 15.4 Å². The third-order valence-corrected chi connectivity index (χ3v) is 4.35. The standard InChI is InChI=1S/C16H21BrN2O3/c1-22-14-7-5-11(10-12(14)17)6-8-15(20)19-13-4-2-3-9-18-16(13)21/h5,7,10,13H,2-4,6,8-9H2,1H3,(H,18,21)(H,19,20). The molecule has 0 saturated carbocycles. The number of carbonyl (C=O) groups excluding carboxylic acids is 2. The van der Waals surface area contributed by atoms with Gasteiger partial charge in [0, 0.05) is 13.0 Å². The Morgan fingerprint density at radius 3 is 3.00 bits per heavy atom. The second-order valence-corrected chi connectivity index (χ2v) is 6.23. The van der Waals surface area contributed by atoms with Gasteiger partial charge in [-0.1, -0.05) is 6.07 Å². The lowest BCUT2D eigenvalue weighted by Crippen LogP contribution is -2.45. The Morgan fingerprint density at radius 2 is 2.27 bits per heavy atom. The summed E-state index contributed by atoms with van der Waals surface area (Å²) < 4.78 is 6.05. The number of halogens is 1. The Labute approximate surface area is 138 Å². The lowest BCUT2D eigenvalue weighted by Gasteiger charge is -2.15. The van der Waals surface area contributed by atoms with Crippen LogP contribution in [0.2, 0.25) is 0 Å². The molecular weight excluding hydrogens is 348 g/mol. The minimum Gasteiger partial charge on any atom is -0.496 e. The molecule has 1 unspecified atom stereocenters. The average Bonchev–Trinajstić information content (AvgIpc) is 2.70. The molecule has 22 heavy (non-hydrogen) atoms. The van der Waals surface area contributed by atoms with Crippen LogP contribution in [-0.2, 0) is 16.0 Å². The molecule has 1 aromatic rings. The zero-order chi connectivity index (χ0) is 15.9. The molecule has 1 atom stereocenters. The van der Waals surface area contributed by atoms with Crippen molar-refractivity contribution < 1.29 is 14.3 Å². The Bertz CT molecular complexity index is 548. The van der Waals surface area contributed by atoms with Gasteiger partial charge in [-0.3, -0.25) is 9.59 Å². The van der Waals surface area contributed by atoms with E-state index in [0.29, 0.717) is 25.8 Å². The number of aryl methyl sites for hydroxylation is 1. The van der Waals surface area contributed by atoms with Crippen molar-refractivity contribution in [2.75, 3.05) is 13.7 Å². The molecule has 1 aromatic carbocycles. The van der Waals surface area contributed by atoms with Crippen LogP contribution in [0.5, 0.6) is 5.75 Å². The summed E-state index contributed by atoms with van der Waals surface area (Å²) >= 11 is 3.43. The van der Waals surface area contributed by atoms with Crippen LogP contribution >= 0.6 is 15.9 Å². The largest absolute Gasteiger partial charge is 0.496 e. The number of amides is 2. The van der Waals surface area contributed by atoms with Crippen LogP contribution in [0.1, 0.15) is 31.2 Å². The zero-order valence-corrected chi connectivity index (χ0v) is 14.2. The average molecular weight is 369 g/mol. The second-order valence-electron chi connectivity index (χ2n) is 5.38. The fourth-order valence-electron chi connectivity index (χ4n) is 2.47. The maximum absolute atomic E-state index is 12.0. The molecule has 120 valence electrons. The summed E-state index contributed by atoms with van der Waals surface area (Å²) in [4.78, 5) is 23.8. The van der Waals surface area contributed by atoms with Crippen molar-refractivity contribution in [1.82, 2.24) is 10.6 Å². The molecule has 0 aromatic heterocycles. The van der Waals surface area contributed by atoms with E-state index in [1.54, 1.807) is 7.11 Å². The van der Waals surface area contributed by atoms with Crippen LogP contribution in [0.3, 0.4) is 0 Å². The van der Waals surface area contributed by atoms with E-state index < -0.39 is 6.04 Å². The van der Waals surface area contributed by atoms with Crippen molar-refractivity contribution in [1.29, 1.82) is 0 Å². The van der Waals surface area contributed by atoms with Gasteiger partial charge in [0.15, 0.2) is 0 Å². The van der Waals surface area contributed by atoms with Crippen molar-refractivity contribution in [2.24, 2.45) is 0 Å². The fraction of sp³-hybridized carbons (Fsp3) is 0.500. The number of rotatable bonds is 5. The Hall–Kier alpha value is -1.56. The van der Waals surface area contributed by atoms with E-state index in [1.807, 2.05) is 18.2 Å². The number of hydrogen-bond acceptors (Lipinski definition) is 3. The molecule has 1 saturated heterocycles. The fourth-order valence-corrected chi connectivity index (χ4v) is 3.05. The highest BCUT2D eigenvalue weighted by atomic mass is 79.9. The van der Waals surface area contributed by atoms with Crippen molar-refractivity contribution in [3.8, 4) is 5.75 Å². The lowest BCUT2D eigenvalue weighted by molar-refractivity contribution is -0.128. The Kier molecular flexibility index (Phi) is 6.24. The van der Waals surface area contributed by atoms with E-state index in [0.717, 1.165) is 28.6 Å². The molecule has 1 fully saturated rings. The van der Waals surface area contributed by atoms with E-state index in [4.69, 9.17) is 4.74 Å². The van der Waals surface area contributed by atoms with Crippen LogP contribution in [-0.4, -0.2) is 31.5 Å². The summed E-state index contributed by atoms with van der Waals surface area (Å²) in [5.74, 6) is 0.607. The quantitative estimate of drug-likeness (QED) is 0.836. The summed E-state index contributed by atoms with van der Waals surface area (Å²) in [6.45, 7) is 0.699. The van der Waals surface area contributed by atoms with E-state index in [2.05, 4.69) is 26.6 Å². The highest BCUT2D eigenvalue weighted by molar-refractivity contribution is 9.10. The molecular formula is C16H21BrN2O3. The second kappa shape index (κ2) is 8.17. The van der Waals surface area contributed by atoms with Gasteiger partial charge >= 0.3 is 0 Å². The molecule has 0 spiro atoms. The first-order valence-electron chi connectivity index (χ1n) is 7.49. The number of hydrogen-bond donors (Lipinski definition) is 2. The molecule has 0 radical (unpaired) electrons. The summed E-state index contributed by atoms with van der Waals surface area (Å²) in [6, 6.07) is 5.37. The summed E-state index contributed by atoms with van der Waals surface area (Å²) in [7, 11) is 1.62. The smallest absolute Gasteiger partial charge is 0.242 e. The van der Waals surface area contributed by atoms with E-state index >= 15 is 0 Å². The van der Waals surface area contributed by atoms with E-state index in [1.165, 1.54) is 0 Å². The first-order chi connectivity index (χ1) is 10.6. The highest BCUT2D eigenvalue weighted by Gasteiger charge is 2.22. The highest BCUT2D eigenvalue weighted by Crippen LogP contribution is 2.25. The summed E-state index contributed by atoms with van der Waals surface area (Å²) in [5, 5.41) is 5.65. The molecule has 0 bridgehead atoms. The van der Waals surface area contributed by atoms with Gasteiger partial charge in [0.1, 0.15) is 11.8 Å². The first kappa shape index (κ1) is 16.8. The van der Waals surface area contributed by atoms with Gasteiger partial charge in [0.2, 0.25) is 11.8 Å². The minimum absolute atomic E-state index is 0.0713. The molecule has 1 aliphatic heterocycles. The third-order valence-electron chi connectivity index (χ3n) is 3.73. The monoisotopic (exact) mass is 368 g/mol. The van der Waals surface area contributed by atoms with Crippen molar-refractivity contribution >= 4 is 27.7 Å². The normalized spacial score (nSPS) is 18.3. The van der Waals surface area contributed by atoms with Gasteiger partial charge in [0.05, 0.1) is 11.6 Å². The third kappa shape index (κ3) is 4.73. The van der Waals surface area contributed by atoms with Crippen LogP contribution < -0.4 is 15.4 Å². The molecule has 2 rings (SSSR count). The number of ether oxygens (including phenoxy) is 1. The van der Waals surface area contributed by atoms with Crippen LogP contribution in [0.25, 0.3) is 0 Å². The minimum atomic E-state index is -0.391. The van der Waals surface area contributed by atoms with Gasteiger partial charge in [0.25, 0.3) is 0 Å². The van der Waals surface area contributed by atoms with Gasteiger partial charge in [-0.05, 0) is 59.3 Å². The molecule has 1 heterocycles. The predicted molar refractivity (Wildman–Crippen MR) is 87.8 cm³/mol. The number of methoxy groups -OCH3 is 1. The summed E-state index contributed by atoms with van der Waals surface area (Å²) in [6.07, 6.45) is 3.63. The number of benzene rings is 1. The van der Waals surface area contributed by atoms with Gasteiger partial charge in [-0.25, -0.2) is 0 Å². The first-order valence-corrected chi connectivity index (χ1v) is 8.29. The van der Waals surface area contributed by atoms with Crippen molar-refractivity contribution in [3.05, 3.63) is 28.2 Å². The molecule has 2 amide bonds. The molecule has 0 aliphatic carbocycles. The van der Waals surface area contributed by atoms with Crippen LogP contribution in [0.4, 0.5) is 0 Å². The zero-order valence-electron chi connectivity index (χ0n) is 12.7. The van der Waals surface area contributed by atoms with E-state index in [-0.39, 0.29) is 11.8 Å². The number of carbonyl (C=O) groups is 2. The Balaban J connectivity index is 1.84. The molecule has 5 nitrogen and oxygen atoms in total. The maximum atomic E-state index is 12.0. The lowest BCUT2D eigenvalue weighted by atomic mass is 10.1. The van der Waals surface area contributed by atoms with Crippen molar-refractivity contribution in [3.63, 3.8) is 0 Å². The van der Waals surface area contributed by atoms with Crippen LogP contribution in [0.15, 0.2) is 22.7 Å². The summed E-state index contributed by atoms with van der Waals surface area (Å²) in [5.41, 5.74) is 1.05. The molecule has 1 aliphatic rings. The molecule has 6 heteroatoms. The number of nitrogens with one attached hydrogen (secondary N) is 2. The SMILES string of the molecule is COc1ccc(CCC(=O)NC2CCCCNC2=O)cc1Br. The predicted octanol–water partition coefficient (Wildman–Crippen LogP) is 2.18. The van der Waals surface area contributed by atoms with Crippen LogP contribution in [0, 0.1) is 0 Å². The maximum Gasteiger partial charge on any atom is 0.242 e. The molecule has 2 N–H and O–H groups in total. The topological polar surface area (TPSA) is 67.4 Å². The Morgan fingerprint density at radius 1 is 1.45 bits per heavy atom.